The zero-order valence-electron chi connectivity index (χ0n) is 11.1. The van der Waals surface area contributed by atoms with E-state index in [1.807, 2.05) is 0 Å². The molecule has 0 saturated heterocycles. The second-order valence-corrected chi connectivity index (χ2v) is 3.75. The van der Waals surface area contributed by atoms with Crippen LogP contribution in [0.3, 0.4) is 0 Å². The Bertz CT molecular complexity index is 308. The van der Waals surface area contributed by atoms with Crippen molar-refractivity contribution in [2.45, 2.75) is 25.3 Å². The highest BCUT2D eigenvalue weighted by molar-refractivity contribution is 5.83. The molecule has 2 amide bonds. The van der Waals surface area contributed by atoms with Crippen LogP contribution in [-0.4, -0.2) is 56.5 Å². The molecule has 0 spiro atoms. The van der Waals surface area contributed by atoms with Gasteiger partial charge in [0.15, 0.2) is 0 Å². The van der Waals surface area contributed by atoms with Crippen LogP contribution in [0.4, 0.5) is 4.79 Å². The van der Waals surface area contributed by atoms with Gasteiger partial charge in [-0.3, -0.25) is 4.79 Å². The molecular formula is C11H20N2O6. The topological polar surface area (TPSA) is 114 Å². The fourth-order valence-corrected chi connectivity index (χ4v) is 1.25. The number of methoxy groups -OCH3 is 2. The highest BCUT2D eigenvalue weighted by Gasteiger charge is 2.20. The molecule has 0 fully saturated rings. The van der Waals surface area contributed by atoms with Gasteiger partial charge in [0.2, 0.25) is 0 Å². The standard InChI is InChI=1S/C11H20N2O6/c1-18-7-3-6-12-11(17)13-8(10(15)16)4-5-9(14)19-2/h8H,3-7H2,1-2H3,(H,15,16)(H2,12,13,17)/t8-/m0/s1. The fraction of sp³-hybridized carbons (Fsp3) is 0.727. The third-order valence-corrected chi connectivity index (χ3v) is 2.28. The van der Waals surface area contributed by atoms with Gasteiger partial charge in [0.25, 0.3) is 0 Å². The second-order valence-electron chi connectivity index (χ2n) is 3.75. The van der Waals surface area contributed by atoms with E-state index in [2.05, 4.69) is 15.4 Å². The van der Waals surface area contributed by atoms with Crippen molar-refractivity contribution in [2.75, 3.05) is 27.4 Å². The molecule has 1 atom stereocenters. The summed E-state index contributed by atoms with van der Waals surface area (Å²) in [6.07, 6.45) is 0.536. The van der Waals surface area contributed by atoms with Crippen LogP contribution >= 0.6 is 0 Å². The largest absolute Gasteiger partial charge is 0.480 e. The van der Waals surface area contributed by atoms with Gasteiger partial charge in [-0.2, -0.15) is 0 Å². The minimum absolute atomic E-state index is 0.0203. The van der Waals surface area contributed by atoms with Crippen LogP contribution in [0, 0.1) is 0 Å². The maximum Gasteiger partial charge on any atom is 0.326 e. The summed E-state index contributed by atoms with van der Waals surface area (Å²) in [6.45, 7) is 0.883. The summed E-state index contributed by atoms with van der Waals surface area (Å²) in [4.78, 5) is 33.2. The van der Waals surface area contributed by atoms with Gasteiger partial charge >= 0.3 is 18.0 Å². The monoisotopic (exact) mass is 276 g/mol. The van der Waals surface area contributed by atoms with E-state index in [9.17, 15) is 14.4 Å². The van der Waals surface area contributed by atoms with Crippen molar-refractivity contribution in [1.82, 2.24) is 10.6 Å². The molecule has 0 aliphatic heterocycles. The summed E-state index contributed by atoms with van der Waals surface area (Å²) in [5.41, 5.74) is 0. The summed E-state index contributed by atoms with van der Waals surface area (Å²) >= 11 is 0. The Kier molecular flexibility index (Phi) is 9.15. The molecule has 0 bridgehead atoms. The molecule has 0 aromatic rings. The molecule has 8 heteroatoms. The van der Waals surface area contributed by atoms with Crippen LogP contribution in [0.5, 0.6) is 0 Å². The zero-order valence-corrected chi connectivity index (χ0v) is 11.1. The molecule has 0 radical (unpaired) electrons. The molecule has 0 rings (SSSR count). The van der Waals surface area contributed by atoms with Gasteiger partial charge in [0, 0.05) is 26.7 Å². The lowest BCUT2D eigenvalue weighted by Crippen LogP contribution is -2.46. The number of amides is 2. The number of carboxylic acid groups (broad SMARTS) is 1. The molecule has 0 saturated carbocycles. The predicted octanol–water partition coefficient (Wildman–Crippen LogP) is -0.271. The summed E-state index contributed by atoms with van der Waals surface area (Å²) in [5, 5.41) is 13.7. The maximum absolute atomic E-state index is 11.4. The Labute approximate surface area is 111 Å². The van der Waals surface area contributed by atoms with Crippen molar-refractivity contribution in [3.05, 3.63) is 0 Å². The van der Waals surface area contributed by atoms with E-state index in [1.54, 1.807) is 7.11 Å². The van der Waals surface area contributed by atoms with E-state index in [4.69, 9.17) is 9.84 Å². The van der Waals surface area contributed by atoms with Crippen LogP contribution in [0.2, 0.25) is 0 Å². The van der Waals surface area contributed by atoms with Crippen molar-refractivity contribution in [3.63, 3.8) is 0 Å². The van der Waals surface area contributed by atoms with Crippen molar-refractivity contribution in [3.8, 4) is 0 Å². The molecule has 0 aromatic heterocycles. The zero-order chi connectivity index (χ0) is 14.7. The third-order valence-electron chi connectivity index (χ3n) is 2.28. The molecule has 8 nitrogen and oxygen atoms in total. The average Bonchev–Trinajstić information content (AvgIpc) is 2.38. The normalized spacial score (nSPS) is 11.5. The maximum atomic E-state index is 11.4. The minimum Gasteiger partial charge on any atom is -0.480 e. The number of ether oxygens (including phenoxy) is 2. The van der Waals surface area contributed by atoms with Crippen molar-refractivity contribution in [1.29, 1.82) is 0 Å². The Hall–Kier alpha value is -1.83. The lowest BCUT2D eigenvalue weighted by atomic mass is 10.1. The fourth-order valence-electron chi connectivity index (χ4n) is 1.25. The lowest BCUT2D eigenvalue weighted by Gasteiger charge is -2.14. The molecule has 0 aliphatic carbocycles. The van der Waals surface area contributed by atoms with Gasteiger partial charge in [-0.25, -0.2) is 9.59 Å². The number of carboxylic acids is 1. The van der Waals surface area contributed by atoms with E-state index >= 15 is 0 Å². The molecule has 110 valence electrons. The number of esters is 1. The minimum atomic E-state index is -1.20. The molecule has 0 heterocycles. The number of hydrogen-bond acceptors (Lipinski definition) is 5. The average molecular weight is 276 g/mol. The van der Waals surface area contributed by atoms with E-state index in [-0.39, 0.29) is 12.8 Å². The van der Waals surface area contributed by atoms with Gasteiger partial charge in [-0.15, -0.1) is 0 Å². The van der Waals surface area contributed by atoms with Crippen molar-refractivity contribution < 1.29 is 29.0 Å². The number of rotatable bonds is 9. The third kappa shape index (κ3) is 8.83. The van der Waals surface area contributed by atoms with E-state index in [0.29, 0.717) is 19.6 Å². The molecule has 0 aliphatic rings. The SMILES string of the molecule is COCCCNC(=O)N[C@@H](CCC(=O)OC)C(=O)O. The number of carbonyl (C=O) groups excluding carboxylic acids is 2. The smallest absolute Gasteiger partial charge is 0.326 e. The van der Waals surface area contributed by atoms with Gasteiger partial charge in [-0.05, 0) is 12.8 Å². The number of nitrogens with one attached hydrogen (secondary N) is 2. The van der Waals surface area contributed by atoms with Crippen LogP contribution in [0.15, 0.2) is 0 Å². The van der Waals surface area contributed by atoms with E-state index in [1.165, 1.54) is 7.11 Å². The number of aliphatic carboxylic acids is 1. The highest BCUT2D eigenvalue weighted by atomic mass is 16.5. The highest BCUT2D eigenvalue weighted by Crippen LogP contribution is 1.99. The number of urea groups is 1. The molecule has 0 unspecified atom stereocenters. The molecular weight excluding hydrogens is 256 g/mol. The molecule has 19 heavy (non-hydrogen) atoms. The molecule has 3 N–H and O–H groups in total. The Morgan fingerprint density at radius 1 is 1.26 bits per heavy atom. The van der Waals surface area contributed by atoms with Gasteiger partial charge < -0.3 is 25.2 Å². The molecule has 0 aromatic carbocycles. The van der Waals surface area contributed by atoms with Crippen LogP contribution in [0.1, 0.15) is 19.3 Å². The van der Waals surface area contributed by atoms with E-state index < -0.39 is 24.0 Å². The first kappa shape index (κ1) is 17.2. The number of hydrogen-bond donors (Lipinski definition) is 3. The van der Waals surface area contributed by atoms with E-state index in [0.717, 1.165) is 0 Å². The summed E-state index contributed by atoms with van der Waals surface area (Å²) in [7, 11) is 2.77. The van der Waals surface area contributed by atoms with Crippen molar-refractivity contribution >= 4 is 18.0 Å². The van der Waals surface area contributed by atoms with Crippen LogP contribution in [0.25, 0.3) is 0 Å². The van der Waals surface area contributed by atoms with Gasteiger partial charge in [0.1, 0.15) is 6.04 Å². The summed E-state index contributed by atoms with van der Waals surface area (Å²) in [5.74, 6) is -1.72. The second kappa shape index (κ2) is 10.1. The Morgan fingerprint density at radius 3 is 2.47 bits per heavy atom. The first-order valence-corrected chi connectivity index (χ1v) is 5.84. The van der Waals surface area contributed by atoms with Crippen LogP contribution < -0.4 is 10.6 Å². The van der Waals surface area contributed by atoms with Crippen LogP contribution in [-0.2, 0) is 19.1 Å². The summed E-state index contributed by atoms with van der Waals surface area (Å²) in [6, 6.07) is -1.71. The first-order chi connectivity index (χ1) is 9.01. The Morgan fingerprint density at radius 2 is 1.95 bits per heavy atom. The first-order valence-electron chi connectivity index (χ1n) is 5.84. The van der Waals surface area contributed by atoms with Crippen molar-refractivity contribution in [2.24, 2.45) is 0 Å². The lowest BCUT2D eigenvalue weighted by molar-refractivity contribution is -0.142. The van der Waals surface area contributed by atoms with Gasteiger partial charge in [0.05, 0.1) is 7.11 Å². The van der Waals surface area contributed by atoms with Gasteiger partial charge in [-0.1, -0.05) is 0 Å². The quantitative estimate of drug-likeness (QED) is 0.394. The predicted molar refractivity (Wildman–Crippen MR) is 65.7 cm³/mol. The summed E-state index contributed by atoms with van der Waals surface area (Å²) < 4.78 is 9.21. The number of carbonyl (C=O) groups is 3. The Balaban J connectivity index is 4.01.